The van der Waals surface area contributed by atoms with Crippen LogP contribution in [0.2, 0.25) is 5.02 Å². The zero-order valence-electron chi connectivity index (χ0n) is 17.6. The third kappa shape index (κ3) is 4.63. The molecule has 2 aromatic carbocycles. The summed E-state index contributed by atoms with van der Waals surface area (Å²) >= 11 is 6.07. The molecule has 3 heterocycles. The first kappa shape index (κ1) is 20.9. The summed E-state index contributed by atoms with van der Waals surface area (Å²) in [5.41, 5.74) is 4.28. The van der Waals surface area contributed by atoms with Crippen LogP contribution >= 0.6 is 11.6 Å². The van der Waals surface area contributed by atoms with Gasteiger partial charge in [-0.05, 0) is 42.0 Å². The summed E-state index contributed by atoms with van der Waals surface area (Å²) in [4.78, 5) is 25.6. The minimum absolute atomic E-state index is 0.0695. The lowest BCUT2D eigenvalue weighted by Crippen LogP contribution is -2.23. The highest BCUT2D eigenvalue weighted by molar-refractivity contribution is 6.30. The zero-order chi connectivity index (χ0) is 22.6. The summed E-state index contributed by atoms with van der Waals surface area (Å²) in [6.45, 7) is 0.452. The number of para-hydroxylation sites is 2. The molecular formula is C25H20ClN5O2. The fourth-order valence-corrected chi connectivity index (χ4v) is 3.70. The van der Waals surface area contributed by atoms with E-state index in [1.165, 1.54) is 0 Å². The average molecular weight is 458 g/mol. The summed E-state index contributed by atoms with van der Waals surface area (Å²) in [6.07, 6.45) is 5.77. The van der Waals surface area contributed by atoms with Crippen LogP contribution in [-0.2, 0) is 17.8 Å². The molecule has 164 valence electrons. The highest BCUT2D eigenvalue weighted by atomic mass is 35.5. The molecule has 0 unspecified atom stereocenters. The minimum atomic E-state index is -0.0695. The molecule has 1 N–H and O–H groups in total. The van der Waals surface area contributed by atoms with Crippen LogP contribution in [0.5, 0.6) is 0 Å². The lowest BCUT2D eigenvalue weighted by Gasteiger charge is -2.05. The molecule has 5 rings (SSSR count). The number of carbonyl (C=O) groups is 1. The second-order valence-electron chi connectivity index (χ2n) is 7.51. The Hall–Kier alpha value is -3.97. The van der Waals surface area contributed by atoms with E-state index in [-0.39, 0.29) is 12.3 Å². The number of fused-ring (bicyclic) bond motifs is 1. The normalized spacial score (nSPS) is 11.1. The fraction of sp³-hybridized carbons (Fsp3) is 0.120. The lowest BCUT2D eigenvalue weighted by molar-refractivity contribution is -0.121. The molecule has 7 nitrogen and oxygen atoms in total. The van der Waals surface area contributed by atoms with Gasteiger partial charge in [0, 0.05) is 42.4 Å². The van der Waals surface area contributed by atoms with Crippen molar-refractivity contribution in [1.29, 1.82) is 0 Å². The Labute approximate surface area is 195 Å². The molecule has 5 aromatic rings. The van der Waals surface area contributed by atoms with Crippen LogP contribution in [0.4, 0.5) is 0 Å². The Morgan fingerprint density at radius 2 is 1.82 bits per heavy atom. The monoisotopic (exact) mass is 457 g/mol. The zero-order valence-corrected chi connectivity index (χ0v) is 18.4. The Morgan fingerprint density at radius 1 is 1.03 bits per heavy atom. The van der Waals surface area contributed by atoms with Crippen LogP contribution < -0.4 is 5.32 Å². The standard InChI is InChI=1S/C25H20ClN5O2/c26-19-7-5-18(6-8-19)24-22(9-10-23(32)28-15-17-11-13-27-14-12-17)33-25(30-24)31-16-29-20-3-1-2-4-21(20)31/h1-8,11-14,16H,9-10,15H2,(H,28,32). The number of benzene rings is 2. The molecule has 3 aromatic heterocycles. The van der Waals surface area contributed by atoms with E-state index in [0.717, 1.165) is 22.2 Å². The van der Waals surface area contributed by atoms with Gasteiger partial charge in [-0.1, -0.05) is 35.9 Å². The van der Waals surface area contributed by atoms with E-state index in [0.29, 0.717) is 35.5 Å². The van der Waals surface area contributed by atoms with Crippen molar-refractivity contribution in [3.8, 4) is 17.3 Å². The summed E-state index contributed by atoms with van der Waals surface area (Å²) in [5, 5.41) is 3.57. The van der Waals surface area contributed by atoms with Gasteiger partial charge in [-0.25, -0.2) is 4.98 Å². The van der Waals surface area contributed by atoms with Gasteiger partial charge in [0.2, 0.25) is 5.91 Å². The third-order valence-corrected chi connectivity index (χ3v) is 5.53. The number of rotatable bonds is 7. The maximum Gasteiger partial charge on any atom is 0.308 e. The number of hydrogen-bond acceptors (Lipinski definition) is 5. The summed E-state index contributed by atoms with van der Waals surface area (Å²) in [5.74, 6) is 0.559. The van der Waals surface area contributed by atoms with Crippen LogP contribution in [0.1, 0.15) is 17.7 Å². The van der Waals surface area contributed by atoms with Crippen LogP contribution in [0.15, 0.2) is 83.8 Å². The van der Waals surface area contributed by atoms with Crippen LogP contribution in [0.3, 0.4) is 0 Å². The SMILES string of the molecule is O=C(CCc1oc(-n2cnc3ccccc32)nc1-c1ccc(Cl)cc1)NCc1ccncc1. The summed E-state index contributed by atoms with van der Waals surface area (Å²) in [7, 11) is 0. The van der Waals surface area contributed by atoms with E-state index in [1.54, 1.807) is 18.7 Å². The van der Waals surface area contributed by atoms with Gasteiger partial charge in [-0.3, -0.25) is 14.3 Å². The van der Waals surface area contributed by atoms with Crippen molar-refractivity contribution in [3.63, 3.8) is 0 Å². The van der Waals surface area contributed by atoms with Gasteiger partial charge < -0.3 is 9.73 Å². The van der Waals surface area contributed by atoms with Crippen molar-refractivity contribution in [3.05, 3.63) is 95.7 Å². The van der Waals surface area contributed by atoms with Gasteiger partial charge in [-0.2, -0.15) is 4.98 Å². The Balaban J connectivity index is 1.40. The van der Waals surface area contributed by atoms with Crippen LogP contribution in [-0.4, -0.2) is 25.4 Å². The summed E-state index contributed by atoms with van der Waals surface area (Å²) < 4.78 is 7.96. The van der Waals surface area contributed by atoms with Gasteiger partial charge in [-0.15, -0.1) is 0 Å². The molecule has 0 spiro atoms. The number of nitrogens with one attached hydrogen (secondary N) is 1. The van der Waals surface area contributed by atoms with Crippen molar-refractivity contribution >= 4 is 28.5 Å². The lowest BCUT2D eigenvalue weighted by atomic mass is 10.1. The van der Waals surface area contributed by atoms with Crippen LogP contribution in [0, 0.1) is 0 Å². The molecule has 0 saturated heterocycles. The number of halogens is 1. The van der Waals surface area contributed by atoms with Crippen molar-refractivity contribution in [2.45, 2.75) is 19.4 Å². The smallest absolute Gasteiger partial charge is 0.308 e. The van der Waals surface area contributed by atoms with E-state index in [2.05, 4.69) is 15.3 Å². The topological polar surface area (TPSA) is 85.8 Å². The molecule has 1 amide bonds. The second-order valence-corrected chi connectivity index (χ2v) is 7.95. The number of oxazole rings is 1. The maximum atomic E-state index is 12.5. The van der Waals surface area contributed by atoms with E-state index in [1.807, 2.05) is 65.2 Å². The van der Waals surface area contributed by atoms with Gasteiger partial charge in [0.25, 0.3) is 0 Å². The number of pyridine rings is 1. The molecule has 0 radical (unpaired) electrons. The highest BCUT2D eigenvalue weighted by Gasteiger charge is 2.19. The number of carbonyl (C=O) groups excluding carboxylic acids is 1. The number of hydrogen-bond donors (Lipinski definition) is 1. The number of nitrogens with zero attached hydrogens (tertiary/aromatic N) is 4. The first-order chi connectivity index (χ1) is 16.2. The molecule has 0 aliphatic heterocycles. The predicted octanol–water partition coefficient (Wildman–Crippen LogP) is 4.98. The van der Waals surface area contributed by atoms with E-state index in [4.69, 9.17) is 21.0 Å². The van der Waals surface area contributed by atoms with Crippen molar-refractivity contribution in [2.75, 3.05) is 0 Å². The van der Waals surface area contributed by atoms with Crippen molar-refractivity contribution in [2.24, 2.45) is 0 Å². The fourth-order valence-electron chi connectivity index (χ4n) is 3.57. The van der Waals surface area contributed by atoms with Crippen molar-refractivity contribution in [1.82, 2.24) is 24.8 Å². The van der Waals surface area contributed by atoms with Crippen LogP contribution in [0.25, 0.3) is 28.3 Å². The average Bonchev–Trinajstić information content (AvgIpc) is 3.47. The Bertz CT molecular complexity index is 1390. The maximum absolute atomic E-state index is 12.5. The van der Waals surface area contributed by atoms with E-state index < -0.39 is 0 Å². The third-order valence-electron chi connectivity index (χ3n) is 5.28. The number of aromatic nitrogens is 4. The molecule has 33 heavy (non-hydrogen) atoms. The first-order valence-electron chi connectivity index (χ1n) is 10.5. The molecule has 0 aliphatic rings. The number of imidazole rings is 1. The van der Waals surface area contributed by atoms with E-state index >= 15 is 0 Å². The largest absolute Gasteiger partial charge is 0.427 e. The molecule has 0 saturated carbocycles. The first-order valence-corrected chi connectivity index (χ1v) is 10.9. The number of amides is 1. The molecular weight excluding hydrogens is 438 g/mol. The minimum Gasteiger partial charge on any atom is -0.427 e. The predicted molar refractivity (Wildman–Crippen MR) is 126 cm³/mol. The van der Waals surface area contributed by atoms with Crippen molar-refractivity contribution < 1.29 is 9.21 Å². The quantitative estimate of drug-likeness (QED) is 0.372. The van der Waals surface area contributed by atoms with Gasteiger partial charge in [0.05, 0.1) is 11.0 Å². The van der Waals surface area contributed by atoms with Gasteiger partial charge in [0.15, 0.2) is 0 Å². The molecule has 0 atom stereocenters. The summed E-state index contributed by atoms with van der Waals surface area (Å²) in [6, 6.07) is 19.3. The molecule has 0 fully saturated rings. The Kier molecular flexibility index (Phi) is 5.87. The molecule has 8 heteroatoms. The van der Waals surface area contributed by atoms with E-state index in [9.17, 15) is 4.79 Å². The molecule has 0 bridgehead atoms. The highest BCUT2D eigenvalue weighted by Crippen LogP contribution is 2.29. The van der Waals surface area contributed by atoms with Gasteiger partial charge >= 0.3 is 6.01 Å². The second kappa shape index (κ2) is 9.26. The van der Waals surface area contributed by atoms with Gasteiger partial charge in [0.1, 0.15) is 17.8 Å². The Morgan fingerprint density at radius 3 is 2.64 bits per heavy atom. The number of aryl methyl sites for hydroxylation is 1. The molecule has 0 aliphatic carbocycles.